The van der Waals surface area contributed by atoms with Crippen LogP contribution in [0.1, 0.15) is 19.8 Å². The molecule has 0 heterocycles. The normalized spacial score (nSPS) is 43.0. The molecule has 1 fully saturated rings. The SMILES string of the molecule is [CH2]CC1CC1C. The van der Waals surface area contributed by atoms with Gasteiger partial charge < -0.3 is 0 Å². The van der Waals surface area contributed by atoms with Crippen molar-refractivity contribution in [3.8, 4) is 0 Å². The fraction of sp³-hybridized carbons (Fsp3) is 0.833. The van der Waals surface area contributed by atoms with Gasteiger partial charge in [0.1, 0.15) is 0 Å². The maximum Gasteiger partial charge on any atom is -0.0386 e. The lowest BCUT2D eigenvalue weighted by Gasteiger charge is -1.78. The van der Waals surface area contributed by atoms with E-state index in [1.807, 2.05) is 0 Å². The Balaban J connectivity index is 2.09. The molecule has 0 nitrogen and oxygen atoms in total. The zero-order chi connectivity index (χ0) is 4.57. The molecular formula is C6H11. The predicted octanol–water partition coefficient (Wildman–Crippen LogP) is 1.87. The molecule has 6 heavy (non-hydrogen) atoms. The van der Waals surface area contributed by atoms with Crippen molar-refractivity contribution in [3.63, 3.8) is 0 Å². The Bertz CT molecular complexity index is 46.0. The van der Waals surface area contributed by atoms with Crippen LogP contribution in [-0.2, 0) is 0 Å². The highest BCUT2D eigenvalue weighted by Gasteiger charge is 2.29. The van der Waals surface area contributed by atoms with Crippen molar-refractivity contribution in [3.05, 3.63) is 6.92 Å². The van der Waals surface area contributed by atoms with Crippen LogP contribution in [0.2, 0.25) is 0 Å². The summed E-state index contributed by atoms with van der Waals surface area (Å²) in [6.07, 6.45) is 2.59. The van der Waals surface area contributed by atoms with Gasteiger partial charge in [0.2, 0.25) is 0 Å². The third-order valence-electron chi connectivity index (χ3n) is 1.65. The molecule has 1 radical (unpaired) electrons. The highest BCUT2D eigenvalue weighted by molar-refractivity contribution is 4.82. The van der Waals surface area contributed by atoms with E-state index in [2.05, 4.69) is 13.8 Å². The van der Waals surface area contributed by atoms with E-state index in [1.54, 1.807) is 0 Å². The summed E-state index contributed by atoms with van der Waals surface area (Å²) in [6.45, 7) is 6.09. The minimum atomic E-state index is 0.991. The quantitative estimate of drug-likeness (QED) is 0.454. The lowest BCUT2D eigenvalue weighted by atomic mass is 10.3. The van der Waals surface area contributed by atoms with Crippen molar-refractivity contribution < 1.29 is 0 Å². The van der Waals surface area contributed by atoms with Gasteiger partial charge in [-0.15, -0.1) is 0 Å². The number of hydrogen-bond acceptors (Lipinski definition) is 0. The van der Waals surface area contributed by atoms with Gasteiger partial charge in [-0.1, -0.05) is 20.3 Å². The van der Waals surface area contributed by atoms with Gasteiger partial charge >= 0.3 is 0 Å². The first-order chi connectivity index (χ1) is 2.84. The molecule has 1 aliphatic rings. The van der Waals surface area contributed by atoms with E-state index in [1.165, 1.54) is 6.42 Å². The first-order valence-electron chi connectivity index (χ1n) is 2.64. The third kappa shape index (κ3) is 0.562. The van der Waals surface area contributed by atoms with E-state index >= 15 is 0 Å². The highest BCUT2D eigenvalue weighted by Crippen LogP contribution is 2.39. The van der Waals surface area contributed by atoms with E-state index in [0.717, 1.165) is 18.3 Å². The summed E-state index contributed by atoms with van der Waals surface area (Å²) >= 11 is 0. The fourth-order valence-electron chi connectivity index (χ4n) is 0.801. The van der Waals surface area contributed by atoms with Crippen molar-refractivity contribution in [2.24, 2.45) is 11.8 Å². The molecule has 2 unspecified atom stereocenters. The van der Waals surface area contributed by atoms with Crippen LogP contribution in [-0.4, -0.2) is 0 Å². The first kappa shape index (κ1) is 4.17. The Hall–Kier alpha value is 0. The smallest absolute Gasteiger partial charge is 0.0386 e. The lowest BCUT2D eigenvalue weighted by molar-refractivity contribution is 0.764. The van der Waals surface area contributed by atoms with Gasteiger partial charge in [0, 0.05) is 0 Å². The van der Waals surface area contributed by atoms with Gasteiger partial charge in [0.05, 0.1) is 0 Å². The monoisotopic (exact) mass is 83.1 g/mol. The minimum absolute atomic E-state index is 0.991. The Labute approximate surface area is 39.6 Å². The van der Waals surface area contributed by atoms with Crippen LogP contribution < -0.4 is 0 Å². The largest absolute Gasteiger partial charge is 0.0622 e. The minimum Gasteiger partial charge on any atom is -0.0622 e. The highest BCUT2D eigenvalue weighted by atomic mass is 14.3. The van der Waals surface area contributed by atoms with Gasteiger partial charge in [-0.05, 0) is 18.3 Å². The zero-order valence-corrected chi connectivity index (χ0v) is 4.28. The van der Waals surface area contributed by atoms with Gasteiger partial charge in [-0.3, -0.25) is 0 Å². The molecule has 0 aromatic rings. The first-order valence-corrected chi connectivity index (χ1v) is 2.64. The van der Waals surface area contributed by atoms with E-state index in [0.29, 0.717) is 0 Å². The molecule has 0 spiro atoms. The summed E-state index contributed by atoms with van der Waals surface area (Å²) < 4.78 is 0. The lowest BCUT2D eigenvalue weighted by Crippen LogP contribution is -1.68. The van der Waals surface area contributed by atoms with Crippen LogP contribution in [0.15, 0.2) is 0 Å². The van der Waals surface area contributed by atoms with E-state index in [9.17, 15) is 0 Å². The number of rotatable bonds is 1. The number of hydrogen-bond donors (Lipinski definition) is 0. The Kier molecular flexibility index (Phi) is 0.868. The van der Waals surface area contributed by atoms with Gasteiger partial charge in [0.15, 0.2) is 0 Å². The molecule has 35 valence electrons. The molecular weight excluding hydrogens is 72.1 g/mol. The summed E-state index contributed by atoms with van der Waals surface area (Å²) in [4.78, 5) is 0. The van der Waals surface area contributed by atoms with Gasteiger partial charge in [-0.25, -0.2) is 0 Å². The Morgan fingerprint density at radius 3 is 2.33 bits per heavy atom. The molecule has 0 bridgehead atoms. The van der Waals surface area contributed by atoms with Crippen molar-refractivity contribution in [2.75, 3.05) is 0 Å². The molecule has 0 N–H and O–H groups in total. The van der Waals surface area contributed by atoms with Crippen LogP contribution in [0.4, 0.5) is 0 Å². The van der Waals surface area contributed by atoms with E-state index < -0.39 is 0 Å². The summed E-state index contributed by atoms with van der Waals surface area (Å²) in [5.41, 5.74) is 0. The average molecular weight is 83.2 g/mol. The molecule has 0 aromatic heterocycles. The summed E-state index contributed by atoms with van der Waals surface area (Å²) in [5.74, 6) is 1.99. The fourth-order valence-corrected chi connectivity index (χ4v) is 0.801. The molecule has 1 saturated carbocycles. The summed E-state index contributed by atoms with van der Waals surface area (Å²) in [5, 5.41) is 0. The molecule has 0 amide bonds. The van der Waals surface area contributed by atoms with Gasteiger partial charge in [-0.2, -0.15) is 0 Å². The maximum atomic E-state index is 3.80. The zero-order valence-electron chi connectivity index (χ0n) is 4.28. The van der Waals surface area contributed by atoms with Crippen LogP contribution in [0.3, 0.4) is 0 Å². The molecule has 0 saturated heterocycles. The van der Waals surface area contributed by atoms with Crippen LogP contribution in [0.5, 0.6) is 0 Å². The van der Waals surface area contributed by atoms with Crippen LogP contribution >= 0.6 is 0 Å². The Morgan fingerprint density at radius 2 is 2.33 bits per heavy atom. The molecule has 0 aromatic carbocycles. The summed E-state index contributed by atoms with van der Waals surface area (Å²) in [6, 6.07) is 0. The standard InChI is InChI=1S/C6H11/c1-3-6-4-5(6)2/h5-6H,1,3-4H2,2H3. The van der Waals surface area contributed by atoms with Crippen molar-refractivity contribution in [1.82, 2.24) is 0 Å². The van der Waals surface area contributed by atoms with Crippen molar-refractivity contribution in [2.45, 2.75) is 19.8 Å². The molecule has 1 aliphatic carbocycles. The van der Waals surface area contributed by atoms with Crippen molar-refractivity contribution in [1.29, 1.82) is 0 Å². The molecule has 2 atom stereocenters. The molecule has 0 heteroatoms. The third-order valence-corrected chi connectivity index (χ3v) is 1.65. The topological polar surface area (TPSA) is 0 Å². The molecule has 1 rings (SSSR count). The van der Waals surface area contributed by atoms with Crippen molar-refractivity contribution >= 4 is 0 Å². The van der Waals surface area contributed by atoms with E-state index in [4.69, 9.17) is 0 Å². The second-order valence-electron chi connectivity index (χ2n) is 2.26. The Morgan fingerprint density at radius 1 is 1.83 bits per heavy atom. The van der Waals surface area contributed by atoms with E-state index in [-0.39, 0.29) is 0 Å². The summed E-state index contributed by atoms with van der Waals surface area (Å²) in [7, 11) is 0. The predicted molar refractivity (Wildman–Crippen MR) is 27.2 cm³/mol. The molecule has 0 aliphatic heterocycles. The van der Waals surface area contributed by atoms with Gasteiger partial charge in [0.25, 0.3) is 0 Å². The maximum absolute atomic E-state index is 3.80. The average Bonchev–Trinajstić information content (AvgIpc) is 2.19. The second kappa shape index (κ2) is 1.25. The van der Waals surface area contributed by atoms with Crippen LogP contribution in [0.25, 0.3) is 0 Å². The van der Waals surface area contributed by atoms with Crippen LogP contribution in [0, 0.1) is 18.8 Å². The second-order valence-corrected chi connectivity index (χ2v) is 2.26.